The molecule has 0 fully saturated rings. The van der Waals surface area contributed by atoms with Gasteiger partial charge in [0.25, 0.3) is 0 Å². The van der Waals surface area contributed by atoms with Crippen molar-refractivity contribution in [3.63, 3.8) is 0 Å². The Morgan fingerprint density at radius 2 is 2.12 bits per heavy atom. The average Bonchev–Trinajstić information content (AvgIpc) is 2.35. The van der Waals surface area contributed by atoms with Crippen molar-refractivity contribution in [1.82, 2.24) is 4.98 Å². The number of para-hydroxylation sites is 1. The molecular formula is C14H19N3. The molecule has 1 heterocycles. The van der Waals surface area contributed by atoms with Gasteiger partial charge in [0.1, 0.15) is 0 Å². The van der Waals surface area contributed by atoms with E-state index in [2.05, 4.69) is 29.4 Å². The first kappa shape index (κ1) is 11.9. The second kappa shape index (κ2) is 5.15. The molecule has 3 N–H and O–H groups in total. The average molecular weight is 229 g/mol. The summed E-state index contributed by atoms with van der Waals surface area (Å²) in [5.74, 6) is 0. The standard InChI is InChI=1S/C14H19N3/c1-3-11(9-15)17-14-8-10(2)16-13-7-5-4-6-12(13)14/h4-8,11H,3,9,15H2,1-2H3,(H,16,17). The molecule has 0 spiro atoms. The lowest BCUT2D eigenvalue weighted by Gasteiger charge is -2.18. The fourth-order valence-electron chi connectivity index (χ4n) is 1.97. The summed E-state index contributed by atoms with van der Waals surface area (Å²) in [4.78, 5) is 4.52. The van der Waals surface area contributed by atoms with Crippen LogP contribution >= 0.6 is 0 Å². The molecule has 0 aliphatic rings. The Hall–Kier alpha value is -1.61. The number of hydrogen-bond donors (Lipinski definition) is 2. The number of anilines is 1. The number of aryl methyl sites for hydroxylation is 1. The summed E-state index contributed by atoms with van der Waals surface area (Å²) in [5, 5.41) is 4.65. The van der Waals surface area contributed by atoms with Gasteiger partial charge in [-0.25, -0.2) is 0 Å². The van der Waals surface area contributed by atoms with Gasteiger partial charge in [0, 0.05) is 29.4 Å². The Kier molecular flexibility index (Phi) is 3.59. The van der Waals surface area contributed by atoms with Crippen LogP contribution < -0.4 is 11.1 Å². The SMILES string of the molecule is CCC(CN)Nc1cc(C)nc2ccccc12. The van der Waals surface area contributed by atoms with Crippen molar-refractivity contribution in [3.05, 3.63) is 36.0 Å². The zero-order valence-corrected chi connectivity index (χ0v) is 10.4. The number of rotatable bonds is 4. The number of nitrogens with zero attached hydrogens (tertiary/aromatic N) is 1. The fraction of sp³-hybridized carbons (Fsp3) is 0.357. The van der Waals surface area contributed by atoms with Gasteiger partial charge in [-0.05, 0) is 25.5 Å². The van der Waals surface area contributed by atoms with E-state index in [1.54, 1.807) is 0 Å². The predicted octanol–water partition coefficient (Wildman–Crippen LogP) is 2.69. The molecule has 90 valence electrons. The van der Waals surface area contributed by atoms with Crippen LogP contribution in [0.3, 0.4) is 0 Å². The first-order valence-corrected chi connectivity index (χ1v) is 6.07. The van der Waals surface area contributed by atoms with Crippen LogP contribution in [0.25, 0.3) is 10.9 Å². The van der Waals surface area contributed by atoms with E-state index in [4.69, 9.17) is 5.73 Å². The minimum atomic E-state index is 0.320. The van der Waals surface area contributed by atoms with Gasteiger partial charge < -0.3 is 11.1 Å². The lowest BCUT2D eigenvalue weighted by Crippen LogP contribution is -2.28. The van der Waals surface area contributed by atoms with Gasteiger partial charge >= 0.3 is 0 Å². The Labute approximate surface area is 102 Å². The largest absolute Gasteiger partial charge is 0.380 e. The van der Waals surface area contributed by atoms with Crippen LogP contribution in [0, 0.1) is 6.92 Å². The molecule has 1 atom stereocenters. The summed E-state index contributed by atoms with van der Waals surface area (Å²) in [6.07, 6.45) is 1.02. The zero-order chi connectivity index (χ0) is 12.3. The molecule has 1 aromatic carbocycles. The normalized spacial score (nSPS) is 12.6. The summed E-state index contributed by atoms with van der Waals surface area (Å²) in [7, 11) is 0. The topological polar surface area (TPSA) is 50.9 Å². The molecule has 17 heavy (non-hydrogen) atoms. The highest BCUT2D eigenvalue weighted by Gasteiger charge is 2.07. The van der Waals surface area contributed by atoms with E-state index in [0.717, 1.165) is 28.7 Å². The van der Waals surface area contributed by atoms with Crippen molar-refractivity contribution >= 4 is 16.6 Å². The van der Waals surface area contributed by atoms with Crippen LogP contribution in [0.15, 0.2) is 30.3 Å². The summed E-state index contributed by atoms with van der Waals surface area (Å²) in [6.45, 7) is 4.80. The number of nitrogens with one attached hydrogen (secondary N) is 1. The second-order valence-electron chi connectivity index (χ2n) is 4.31. The highest BCUT2D eigenvalue weighted by atomic mass is 14.9. The Morgan fingerprint density at radius 3 is 2.82 bits per heavy atom. The Balaban J connectivity index is 2.44. The van der Waals surface area contributed by atoms with Crippen molar-refractivity contribution in [2.75, 3.05) is 11.9 Å². The molecule has 0 amide bonds. The monoisotopic (exact) mass is 229 g/mol. The molecule has 2 rings (SSSR count). The van der Waals surface area contributed by atoms with E-state index in [9.17, 15) is 0 Å². The van der Waals surface area contributed by atoms with E-state index < -0.39 is 0 Å². The lowest BCUT2D eigenvalue weighted by atomic mass is 10.1. The van der Waals surface area contributed by atoms with Gasteiger partial charge in [0.2, 0.25) is 0 Å². The number of hydrogen-bond acceptors (Lipinski definition) is 3. The van der Waals surface area contributed by atoms with Crippen LogP contribution in [0.1, 0.15) is 19.0 Å². The third-order valence-electron chi connectivity index (χ3n) is 2.98. The van der Waals surface area contributed by atoms with Crippen LogP contribution in [-0.4, -0.2) is 17.6 Å². The van der Waals surface area contributed by atoms with E-state index >= 15 is 0 Å². The van der Waals surface area contributed by atoms with Crippen molar-refractivity contribution in [2.24, 2.45) is 5.73 Å². The molecule has 0 aliphatic carbocycles. The fourth-order valence-corrected chi connectivity index (χ4v) is 1.97. The van der Waals surface area contributed by atoms with E-state index in [-0.39, 0.29) is 0 Å². The number of nitrogens with two attached hydrogens (primary N) is 1. The molecule has 0 radical (unpaired) electrons. The van der Waals surface area contributed by atoms with Crippen molar-refractivity contribution < 1.29 is 0 Å². The van der Waals surface area contributed by atoms with Crippen LogP contribution in [0.5, 0.6) is 0 Å². The maximum absolute atomic E-state index is 5.74. The smallest absolute Gasteiger partial charge is 0.0725 e. The molecule has 3 heteroatoms. The van der Waals surface area contributed by atoms with Gasteiger partial charge in [-0.2, -0.15) is 0 Å². The minimum Gasteiger partial charge on any atom is -0.380 e. The third kappa shape index (κ3) is 2.56. The van der Waals surface area contributed by atoms with Gasteiger partial charge in [-0.1, -0.05) is 25.1 Å². The highest BCUT2D eigenvalue weighted by molar-refractivity contribution is 5.91. The predicted molar refractivity (Wildman–Crippen MR) is 73.2 cm³/mol. The van der Waals surface area contributed by atoms with E-state index in [1.807, 2.05) is 25.1 Å². The first-order chi connectivity index (χ1) is 8.24. The number of pyridine rings is 1. The van der Waals surface area contributed by atoms with E-state index in [1.165, 1.54) is 0 Å². The van der Waals surface area contributed by atoms with Gasteiger partial charge in [0.05, 0.1) is 5.52 Å². The Bertz CT molecular complexity index is 504. The maximum atomic E-state index is 5.74. The second-order valence-corrected chi connectivity index (χ2v) is 4.31. The quantitative estimate of drug-likeness (QED) is 0.847. The lowest BCUT2D eigenvalue weighted by molar-refractivity contribution is 0.704. The van der Waals surface area contributed by atoms with Gasteiger partial charge in [-0.15, -0.1) is 0 Å². The molecule has 2 aromatic rings. The summed E-state index contributed by atoms with van der Waals surface area (Å²) in [5.41, 5.74) is 8.92. The number of fused-ring (bicyclic) bond motifs is 1. The zero-order valence-electron chi connectivity index (χ0n) is 10.4. The molecular weight excluding hydrogens is 210 g/mol. The molecule has 1 unspecified atom stereocenters. The Morgan fingerprint density at radius 1 is 1.35 bits per heavy atom. The highest BCUT2D eigenvalue weighted by Crippen LogP contribution is 2.23. The summed E-state index contributed by atoms with van der Waals surface area (Å²) < 4.78 is 0. The van der Waals surface area contributed by atoms with Crippen molar-refractivity contribution in [1.29, 1.82) is 0 Å². The maximum Gasteiger partial charge on any atom is 0.0725 e. The van der Waals surface area contributed by atoms with E-state index in [0.29, 0.717) is 12.6 Å². The molecule has 1 aromatic heterocycles. The minimum absolute atomic E-state index is 0.320. The number of aromatic nitrogens is 1. The van der Waals surface area contributed by atoms with Gasteiger partial charge in [0.15, 0.2) is 0 Å². The van der Waals surface area contributed by atoms with Crippen LogP contribution in [0.4, 0.5) is 5.69 Å². The van der Waals surface area contributed by atoms with Gasteiger partial charge in [-0.3, -0.25) is 4.98 Å². The first-order valence-electron chi connectivity index (χ1n) is 6.07. The molecule has 0 saturated heterocycles. The van der Waals surface area contributed by atoms with Crippen LogP contribution in [-0.2, 0) is 0 Å². The van der Waals surface area contributed by atoms with Crippen LogP contribution in [0.2, 0.25) is 0 Å². The molecule has 0 aliphatic heterocycles. The van der Waals surface area contributed by atoms with Crippen molar-refractivity contribution in [2.45, 2.75) is 26.3 Å². The molecule has 0 saturated carbocycles. The molecule has 0 bridgehead atoms. The molecule has 3 nitrogen and oxygen atoms in total. The third-order valence-corrected chi connectivity index (χ3v) is 2.98. The summed E-state index contributed by atoms with van der Waals surface area (Å²) in [6, 6.07) is 10.6. The van der Waals surface area contributed by atoms with Crippen molar-refractivity contribution in [3.8, 4) is 0 Å². The summed E-state index contributed by atoms with van der Waals surface area (Å²) >= 11 is 0. The number of benzene rings is 1.